The zero-order valence-electron chi connectivity index (χ0n) is 21.4. The summed E-state index contributed by atoms with van der Waals surface area (Å²) in [5, 5.41) is 13.1. The van der Waals surface area contributed by atoms with Crippen LogP contribution in [0.25, 0.3) is 6.08 Å². The smallest absolute Gasteiger partial charge is 0.335 e. The topological polar surface area (TPSA) is 128 Å². The summed E-state index contributed by atoms with van der Waals surface area (Å²) in [6.07, 6.45) is 3.34. The molecule has 11 heteroatoms. The van der Waals surface area contributed by atoms with Gasteiger partial charge in [-0.3, -0.25) is 25.0 Å². The molecular formula is C29H24FN3O7. The standard InChI is InChI=1S/C29H24FN3O7/c1-3-5-20-14-19(16-25(39-4-2)26(20)40-17-18-6-8-21(30)9-7-18)15-24-27(34)31-29(36)32(28(24)35)22-10-12-23(13-11-22)33(37)38/h3,6-16H,1,4-5,17H2,2H3,(H,31,34,36)/b24-15+. The number of carbonyl (C=O) groups excluding carboxylic acids is 3. The monoisotopic (exact) mass is 545 g/mol. The molecule has 4 rings (SSSR count). The molecule has 4 amide bonds. The van der Waals surface area contributed by atoms with E-state index in [1.54, 1.807) is 37.3 Å². The third kappa shape index (κ3) is 6.04. The number of urea groups is 1. The van der Waals surface area contributed by atoms with Gasteiger partial charge in [-0.1, -0.05) is 18.2 Å². The molecule has 0 unspecified atom stereocenters. The van der Waals surface area contributed by atoms with Crippen LogP contribution in [-0.2, 0) is 22.6 Å². The first-order valence-corrected chi connectivity index (χ1v) is 12.2. The van der Waals surface area contributed by atoms with E-state index in [4.69, 9.17) is 9.47 Å². The number of nitro benzene ring substituents is 1. The van der Waals surface area contributed by atoms with Crippen molar-refractivity contribution in [3.63, 3.8) is 0 Å². The third-order valence-corrected chi connectivity index (χ3v) is 5.85. The molecule has 10 nitrogen and oxygen atoms in total. The van der Waals surface area contributed by atoms with Crippen molar-refractivity contribution in [2.45, 2.75) is 20.0 Å². The van der Waals surface area contributed by atoms with Crippen molar-refractivity contribution in [2.75, 3.05) is 11.5 Å². The van der Waals surface area contributed by atoms with Gasteiger partial charge in [0.05, 0.1) is 17.2 Å². The number of non-ortho nitro benzene ring substituents is 1. The number of nitro groups is 1. The first kappa shape index (κ1) is 27.7. The van der Waals surface area contributed by atoms with Crippen molar-refractivity contribution in [3.8, 4) is 11.5 Å². The number of allylic oxidation sites excluding steroid dienone is 1. The first-order valence-electron chi connectivity index (χ1n) is 12.2. The van der Waals surface area contributed by atoms with Crippen LogP contribution < -0.4 is 19.7 Å². The Labute approximate surface area is 228 Å². The average molecular weight is 546 g/mol. The maximum Gasteiger partial charge on any atom is 0.335 e. The third-order valence-electron chi connectivity index (χ3n) is 5.85. The molecule has 1 fully saturated rings. The van der Waals surface area contributed by atoms with Crippen molar-refractivity contribution in [3.05, 3.63) is 112 Å². The van der Waals surface area contributed by atoms with E-state index in [1.807, 2.05) is 0 Å². The van der Waals surface area contributed by atoms with Crippen LogP contribution in [0.5, 0.6) is 11.5 Å². The Morgan fingerprint density at radius 2 is 1.75 bits per heavy atom. The normalized spacial score (nSPS) is 14.2. The summed E-state index contributed by atoms with van der Waals surface area (Å²) in [5.41, 5.74) is 1.32. The van der Waals surface area contributed by atoms with Gasteiger partial charge in [0.15, 0.2) is 11.5 Å². The fourth-order valence-corrected chi connectivity index (χ4v) is 4.02. The number of hydrogen-bond acceptors (Lipinski definition) is 7. The molecular weight excluding hydrogens is 521 g/mol. The highest BCUT2D eigenvalue weighted by atomic mass is 19.1. The number of nitrogens with zero attached hydrogens (tertiary/aromatic N) is 2. The van der Waals surface area contributed by atoms with E-state index in [0.29, 0.717) is 35.7 Å². The molecule has 1 saturated heterocycles. The Kier molecular flexibility index (Phi) is 8.33. The minimum absolute atomic E-state index is 0.0541. The van der Waals surface area contributed by atoms with E-state index < -0.39 is 22.8 Å². The number of carbonyl (C=O) groups is 3. The average Bonchev–Trinajstić information content (AvgIpc) is 2.92. The number of barbiturate groups is 1. The number of halogens is 1. The lowest BCUT2D eigenvalue weighted by Crippen LogP contribution is -2.54. The highest BCUT2D eigenvalue weighted by molar-refractivity contribution is 6.39. The molecule has 0 aliphatic carbocycles. The fraction of sp³-hybridized carbons (Fsp3) is 0.138. The van der Waals surface area contributed by atoms with Gasteiger partial charge in [-0.25, -0.2) is 14.1 Å². The molecule has 0 atom stereocenters. The molecule has 204 valence electrons. The first-order chi connectivity index (χ1) is 19.2. The minimum atomic E-state index is -0.979. The fourth-order valence-electron chi connectivity index (χ4n) is 4.02. The van der Waals surface area contributed by atoms with Crippen molar-refractivity contribution < 1.29 is 33.2 Å². The SMILES string of the molecule is C=CCc1cc(/C=C2\C(=O)NC(=O)N(c3ccc([N+](=O)[O-])cc3)C2=O)cc(OCC)c1OCc1ccc(F)cc1. The van der Waals surface area contributed by atoms with Gasteiger partial charge < -0.3 is 9.47 Å². The van der Waals surface area contributed by atoms with Gasteiger partial charge in [-0.2, -0.15) is 0 Å². The molecule has 1 aliphatic heterocycles. The molecule has 3 aromatic rings. The van der Waals surface area contributed by atoms with Gasteiger partial charge in [0.2, 0.25) is 0 Å². The molecule has 1 N–H and O–H groups in total. The van der Waals surface area contributed by atoms with Crippen LogP contribution in [0.1, 0.15) is 23.6 Å². The van der Waals surface area contributed by atoms with Crippen LogP contribution in [0.4, 0.5) is 20.6 Å². The van der Waals surface area contributed by atoms with Gasteiger partial charge in [0.1, 0.15) is 18.0 Å². The van der Waals surface area contributed by atoms with Crippen LogP contribution in [0.15, 0.2) is 78.9 Å². The van der Waals surface area contributed by atoms with Gasteiger partial charge in [0, 0.05) is 17.7 Å². The lowest BCUT2D eigenvalue weighted by Gasteiger charge is -2.26. The number of imide groups is 2. The zero-order chi connectivity index (χ0) is 28.8. The van der Waals surface area contributed by atoms with Crippen LogP contribution in [0.3, 0.4) is 0 Å². The Bertz CT molecular complexity index is 1520. The number of ether oxygens (including phenoxy) is 2. The van der Waals surface area contributed by atoms with E-state index in [9.17, 15) is 28.9 Å². The van der Waals surface area contributed by atoms with E-state index in [2.05, 4.69) is 11.9 Å². The maximum absolute atomic E-state index is 13.3. The Balaban J connectivity index is 1.70. The highest BCUT2D eigenvalue weighted by Gasteiger charge is 2.37. The number of nitrogens with one attached hydrogen (secondary N) is 1. The minimum Gasteiger partial charge on any atom is -0.490 e. The van der Waals surface area contributed by atoms with E-state index in [1.165, 1.54) is 30.3 Å². The van der Waals surface area contributed by atoms with Crippen molar-refractivity contribution in [1.29, 1.82) is 0 Å². The Morgan fingerprint density at radius 3 is 2.38 bits per heavy atom. The van der Waals surface area contributed by atoms with E-state index in [-0.39, 0.29) is 29.4 Å². The molecule has 1 heterocycles. The molecule has 0 saturated carbocycles. The molecule has 3 aromatic carbocycles. The molecule has 0 aromatic heterocycles. The number of rotatable bonds is 10. The molecule has 0 radical (unpaired) electrons. The van der Waals surface area contributed by atoms with E-state index >= 15 is 0 Å². The maximum atomic E-state index is 13.3. The van der Waals surface area contributed by atoms with Crippen molar-refractivity contribution >= 4 is 35.3 Å². The number of benzene rings is 3. The lowest BCUT2D eigenvalue weighted by molar-refractivity contribution is -0.384. The molecule has 0 bridgehead atoms. The summed E-state index contributed by atoms with van der Waals surface area (Å²) in [5.74, 6) is -1.38. The zero-order valence-corrected chi connectivity index (χ0v) is 21.4. The quantitative estimate of drug-likeness (QED) is 0.123. The van der Waals surface area contributed by atoms with Crippen molar-refractivity contribution in [2.24, 2.45) is 0 Å². The van der Waals surface area contributed by atoms with E-state index in [0.717, 1.165) is 22.6 Å². The van der Waals surface area contributed by atoms with Gasteiger partial charge in [0.25, 0.3) is 17.5 Å². The number of amides is 4. The predicted molar refractivity (Wildman–Crippen MR) is 144 cm³/mol. The van der Waals surface area contributed by atoms with Crippen LogP contribution >= 0.6 is 0 Å². The Morgan fingerprint density at radius 1 is 1.05 bits per heavy atom. The molecule has 1 aliphatic rings. The highest BCUT2D eigenvalue weighted by Crippen LogP contribution is 2.36. The summed E-state index contributed by atoms with van der Waals surface area (Å²) in [7, 11) is 0. The molecule has 40 heavy (non-hydrogen) atoms. The Hall–Kier alpha value is -5.32. The summed E-state index contributed by atoms with van der Waals surface area (Å²) in [6, 6.07) is 13.0. The lowest BCUT2D eigenvalue weighted by atomic mass is 10.0. The van der Waals surface area contributed by atoms with Gasteiger partial charge in [-0.15, -0.1) is 6.58 Å². The summed E-state index contributed by atoms with van der Waals surface area (Å²) in [6.45, 7) is 6.00. The van der Waals surface area contributed by atoms with Crippen LogP contribution in [0.2, 0.25) is 0 Å². The second kappa shape index (κ2) is 12.0. The number of anilines is 1. The van der Waals surface area contributed by atoms with Crippen LogP contribution in [0, 0.1) is 15.9 Å². The van der Waals surface area contributed by atoms with Crippen molar-refractivity contribution in [1.82, 2.24) is 5.32 Å². The summed E-state index contributed by atoms with van der Waals surface area (Å²) >= 11 is 0. The summed E-state index contributed by atoms with van der Waals surface area (Å²) < 4.78 is 25.1. The number of hydrogen-bond donors (Lipinski definition) is 1. The van der Waals surface area contributed by atoms with Gasteiger partial charge in [-0.05, 0) is 66.9 Å². The van der Waals surface area contributed by atoms with Gasteiger partial charge >= 0.3 is 6.03 Å². The largest absolute Gasteiger partial charge is 0.490 e. The second-order valence-corrected chi connectivity index (χ2v) is 8.58. The second-order valence-electron chi connectivity index (χ2n) is 8.58. The predicted octanol–water partition coefficient (Wildman–Crippen LogP) is 5.11. The molecule has 0 spiro atoms. The van der Waals surface area contributed by atoms with Crippen LogP contribution in [-0.4, -0.2) is 29.4 Å². The summed E-state index contributed by atoms with van der Waals surface area (Å²) in [4.78, 5) is 49.5.